The molecule has 1 N–H and O–H groups in total. The molecule has 0 unspecified atom stereocenters. The van der Waals surface area contributed by atoms with Crippen LogP contribution in [0.2, 0.25) is 0 Å². The van der Waals surface area contributed by atoms with Gasteiger partial charge in [0.15, 0.2) is 0 Å². The second kappa shape index (κ2) is 5.51. The third-order valence-electron chi connectivity index (χ3n) is 2.66. The highest BCUT2D eigenvalue weighted by molar-refractivity contribution is 5.97. The molecule has 0 saturated heterocycles. The quantitative estimate of drug-likeness (QED) is 0.882. The number of amides is 1. The van der Waals surface area contributed by atoms with Crippen LogP contribution >= 0.6 is 0 Å². The van der Waals surface area contributed by atoms with E-state index >= 15 is 0 Å². The summed E-state index contributed by atoms with van der Waals surface area (Å²) in [7, 11) is 0. The molecule has 0 aliphatic rings. The van der Waals surface area contributed by atoms with E-state index in [-0.39, 0.29) is 11.6 Å². The molecule has 21 heavy (non-hydrogen) atoms. The second-order valence-electron chi connectivity index (χ2n) is 4.15. The molecule has 0 spiro atoms. The van der Waals surface area contributed by atoms with Crippen molar-refractivity contribution in [1.29, 1.82) is 0 Å². The van der Waals surface area contributed by atoms with Crippen LogP contribution in [-0.2, 0) is 4.79 Å². The first-order chi connectivity index (χ1) is 9.82. The standard InChI is InChI=1S/C12H9F4N3O2/c1-6-4-7(9-19-17-5-21-9)2-3-8(6)18-11(20)12(15,16)10(13)14/h2-5,10H,1H3,(H,18,20). The summed E-state index contributed by atoms with van der Waals surface area (Å²) in [5.41, 5.74) is 0.872. The number of rotatable bonds is 4. The minimum atomic E-state index is -4.75. The van der Waals surface area contributed by atoms with Crippen molar-refractivity contribution in [3.8, 4) is 11.5 Å². The molecule has 0 fully saturated rings. The maximum atomic E-state index is 12.9. The fourth-order valence-corrected chi connectivity index (χ4v) is 1.54. The third kappa shape index (κ3) is 3.01. The average Bonchev–Trinajstić information content (AvgIpc) is 2.94. The van der Waals surface area contributed by atoms with Gasteiger partial charge in [-0.15, -0.1) is 10.2 Å². The Hall–Kier alpha value is -2.45. The van der Waals surface area contributed by atoms with Crippen LogP contribution in [0.1, 0.15) is 5.56 Å². The Labute approximate surface area is 116 Å². The molecular weight excluding hydrogens is 294 g/mol. The number of benzene rings is 1. The van der Waals surface area contributed by atoms with Crippen molar-refractivity contribution >= 4 is 11.6 Å². The van der Waals surface area contributed by atoms with Crippen molar-refractivity contribution in [1.82, 2.24) is 10.2 Å². The Morgan fingerprint density at radius 3 is 2.62 bits per heavy atom. The zero-order chi connectivity index (χ0) is 15.6. The zero-order valence-corrected chi connectivity index (χ0v) is 10.6. The molecule has 0 aliphatic carbocycles. The Morgan fingerprint density at radius 2 is 2.10 bits per heavy atom. The monoisotopic (exact) mass is 303 g/mol. The molecule has 1 aromatic heterocycles. The highest BCUT2D eigenvalue weighted by atomic mass is 19.3. The Kier molecular flexibility index (Phi) is 3.92. The molecule has 2 rings (SSSR count). The number of nitrogens with one attached hydrogen (secondary N) is 1. The van der Waals surface area contributed by atoms with Crippen LogP contribution in [0.3, 0.4) is 0 Å². The van der Waals surface area contributed by atoms with E-state index in [0.29, 0.717) is 11.1 Å². The Balaban J connectivity index is 2.21. The number of aromatic nitrogens is 2. The molecular formula is C12H9F4N3O2. The number of hydrogen-bond acceptors (Lipinski definition) is 4. The van der Waals surface area contributed by atoms with Gasteiger partial charge in [-0.25, -0.2) is 8.78 Å². The predicted octanol–water partition coefficient (Wildman–Crippen LogP) is 2.88. The molecule has 1 amide bonds. The van der Waals surface area contributed by atoms with Gasteiger partial charge < -0.3 is 9.73 Å². The maximum absolute atomic E-state index is 12.9. The fourth-order valence-electron chi connectivity index (χ4n) is 1.54. The number of hydrogen-bond donors (Lipinski definition) is 1. The minimum Gasteiger partial charge on any atom is -0.423 e. The van der Waals surface area contributed by atoms with E-state index in [4.69, 9.17) is 4.42 Å². The number of aryl methyl sites for hydroxylation is 1. The van der Waals surface area contributed by atoms with Crippen molar-refractivity contribution in [2.75, 3.05) is 5.32 Å². The van der Waals surface area contributed by atoms with E-state index in [1.807, 2.05) is 0 Å². The second-order valence-corrected chi connectivity index (χ2v) is 4.15. The van der Waals surface area contributed by atoms with Gasteiger partial charge in [0.1, 0.15) is 0 Å². The van der Waals surface area contributed by atoms with Gasteiger partial charge in [-0.2, -0.15) is 8.78 Å². The lowest BCUT2D eigenvalue weighted by molar-refractivity contribution is -0.163. The van der Waals surface area contributed by atoms with E-state index in [9.17, 15) is 22.4 Å². The fraction of sp³-hybridized carbons (Fsp3) is 0.250. The summed E-state index contributed by atoms with van der Waals surface area (Å²) >= 11 is 0. The van der Waals surface area contributed by atoms with E-state index in [0.717, 1.165) is 6.39 Å². The molecule has 9 heteroatoms. The largest absolute Gasteiger partial charge is 0.423 e. The average molecular weight is 303 g/mol. The van der Waals surface area contributed by atoms with Gasteiger partial charge in [-0.05, 0) is 30.7 Å². The van der Waals surface area contributed by atoms with Crippen LogP contribution in [0.15, 0.2) is 29.0 Å². The third-order valence-corrected chi connectivity index (χ3v) is 2.66. The summed E-state index contributed by atoms with van der Waals surface area (Å²) in [5.74, 6) is -6.61. The summed E-state index contributed by atoms with van der Waals surface area (Å²) < 4.78 is 54.8. The van der Waals surface area contributed by atoms with Crippen LogP contribution in [0.5, 0.6) is 0 Å². The highest BCUT2D eigenvalue weighted by Gasteiger charge is 2.49. The lowest BCUT2D eigenvalue weighted by Gasteiger charge is -2.16. The molecule has 2 aromatic rings. The van der Waals surface area contributed by atoms with Gasteiger partial charge >= 0.3 is 18.3 Å². The van der Waals surface area contributed by atoms with Gasteiger partial charge in [0.05, 0.1) is 0 Å². The molecule has 1 heterocycles. The van der Waals surface area contributed by atoms with Crippen molar-refractivity contribution < 1.29 is 26.8 Å². The van der Waals surface area contributed by atoms with Gasteiger partial charge in [-0.1, -0.05) is 0 Å². The SMILES string of the molecule is Cc1cc(-c2nnco2)ccc1NC(=O)C(F)(F)C(F)F. The summed E-state index contributed by atoms with van der Waals surface area (Å²) in [5, 5.41) is 8.91. The first kappa shape index (κ1) is 14.9. The van der Waals surface area contributed by atoms with Crippen molar-refractivity contribution in [2.24, 2.45) is 0 Å². The molecule has 0 saturated carbocycles. The molecule has 5 nitrogen and oxygen atoms in total. The number of nitrogens with zero attached hydrogens (tertiary/aromatic N) is 2. The summed E-state index contributed by atoms with van der Waals surface area (Å²) in [6.45, 7) is 1.51. The number of carbonyl (C=O) groups is 1. The van der Waals surface area contributed by atoms with Crippen LogP contribution in [-0.4, -0.2) is 28.5 Å². The van der Waals surface area contributed by atoms with Crippen LogP contribution in [0, 0.1) is 6.92 Å². The number of halogens is 4. The van der Waals surface area contributed by atoms with Gasteiger partial charge in [0, 0.05) is 11.3 Å². The van der Waals surface area contributed by atoms with Crippen LogP contribution < -0.4 is 5.32 Å². The molecule has 0 aliphatic heterocycles. The minimum absolute atomic E-state index is 0.0106. The van der Waals surface area contributed by atoms with E-state index in [1.165, 1.54) is 25.1 Å². The topological polar surface area (TPSA) is 68.0 Å². The highest BCUT2D eigenvalue weighted by Crippen LogP contribution is 2.27. The maximum Gasteiger partial charge on any atom is 0.383 e. The lowest BCUT2D eigenvalue weighted by Crippen LogP contribution is -2.41. The normalized spacial score (nSPS) is 11.7. The van der Waals surface area contributed by atoms with Crippen molar-refractivity contribution in [3.05, 3.63) is 30.2 Å². The summed E-state index contributed by atoms with van der Waals surface area (Å²) in [6, 6.07) is 4.20. The Morgan fingerprint density at radius 1 is 1.38 bits per heavy atom. The molecule has 0 atom stereocenters. The van der Waals surface area contributed by atoms with Crippen molar-refractivity contribution in [2.45, 2.75) is 19.3 Å². The first-order valence-electron chi connectivity index (χ1n) is 5.67. The van der Waals surface area contributed by atoms with E-state index in [2.05, 4.69) is 10.2 Å². The van der Waals surface area contributed by atoms with Crippen LogP contribution in [0.25, 0.3) is 11.5 Å². The summed E-state index contributed by atoms with van der Waals surface area (Å²) in [6.07, 6.45) is -2.96. The predicted molar refractivity (Wildman–Crippen MR) is 64.1 cm³/mol. The van der Waals surface area contributed by atoms with E-state index < -0.39 is 18.3 Å². The molecule has 112 valence electrons. The number of carbonyl (C=O) groups excluding carboxylic acids is 1. The number of alkyl halides is 4. The zero-order valence-electron chi connectivity index (χ0n) is 10.6. The first-order valence-corrected chi connectivity index (χ1v) is 5.67. The van der Waals surface area contributed by atoms with Gasteiger partial charge in [-0.3, -0.25) is 4.79 Å². The Bertz CT molecular complexity index is 644. The lowest BCUT2D eigenvalue weighted by atomic mass is 10.1. The summed E-state index contributed by atoms with van der Waals surface area (Å²) in [4.78, 5) is 11.2. The smallest absolute Gasteiger partial charge is 0.383 e. The molecule has 0 radical (unpaired) electrons. The number of anilines is 1. The molecule has 1 aromatic carbocycles. The van der Waals surface area contributed by atoms with E-state index in [1.54, 1.807) is 5.32 Å². The van der Waals surface area contributed by atoms with Crippen molar-refractivity contribution in [3.63, 3.8) is 0 Å². The molecule has 0 bridgehead atoms. The van der Waals surface area contributed by atoms with Crippen LogP contribution in [0.4, 0.5) is 23.2 Å². The van der Waals surface area contributed by atoms with Gasteiger partial charge in [0.2, 0.25) is 12.3 Å². The van der Waals surface area contributed by atoms with Gasteiger partial charge in [0.25, 0.3) is 0 Å².